The molecule has 19 heavy (non-hydrogen) atoms. The summed E-state index contributed by atoms with van der Waals surface area (Å²) >= 11 is 0. The lowest BCUT2D eigenvalue weighted by atomic mass is 10.0. The first-order valence-corrected chi connectivity index (χ1v) is 8.37. The van der Waals surface area contributed by atoms with E-state index < -0.39 is 0 Å². The molecule has 0 aliphatic carbocycles. The molecule has 0 aromatic heterocycles. The lowest BCUT2D eigenvalue weighted by Gasteiger charge is -2.42. The maximum atomic E-state index is 6.01. The van der Waals surface area contributed by atoms with Gasteiger partial charge in [-0.2, -0.15) is 0 Å². The van der Waals surface area contributed by atoms with Crippen LogP contribution in [0.3, 0.4) is 0 Å². The highest BCUT2D eigenvalue weighted by Crippen LogP contribution is 2.17. The van der Waals surface area contributed by atoms with Crippen molar-refractivity contribution in [1.29, 1.82) is 0 Å². The molecule has 2 atom stereocenters. The van der Waals surface area contributed by atoms with Gasteiger partial charge in [-0.25, -0.2) is 0 Å². The van der Waals surface area contributed by atoms with Crippen LogP contribution in [0.5, 0.6) is 0 Å². The Kier molecular flexibility index (Phi) is 8.67. The van der Waals surface area contributed by atoms with Crippen LogP contribution in [0.4, 0.5) is 0 Å². The maximum absolute atomic E-state index is 6.01. The van der Waals surface area contributed by atoms with Gasteiger partial charge in [0.25, 0.3) is 0 Å². The third-order valence-electron chi connectivity index (χ3n) is 4.71. The van der Waals surface area contributed by atoms with Crippen molar-refractivity contribution in [1.82, 2.24) is 9.80 Å². The molecule has 114 valence electrons. The van der Waals surface area contributed by atoms with Gasteiger partial charge in [0.05, 0.1) is 0 Å². The summed E-state index contributed by atoms with van der Waals surface area (Å²) in [6.07, 6.45) is 9.40. The van der Waals surface area contributed by atoms with Crippen molar-refractivity contribution in [3.63, 3.8) is 0 Å². The van der Waals surface area contributed by atoms with Crippen LogP contribution in [-0.4, -0.2) is 55.1 Å². The Bertz CT molecular complexity index is 220. The van der Waals surface area contributed by atoms with Crippen molar-refractivity contribution in [2.45, 2.75) is 70.9 Å². The van der Waals surface area contributed by atoms with Gasteiger partial charge in [0, 0.05) is 38.3 Å². The minimum absolute atomic E-state index is 0.615. The minimum Gasteiger partial charge on any atom is -0.329 e. The molecule has 2 unspecified atom stereocenters. The number of unbranched alkanes of at least 4 members (excludes halogenated alkanes) is 4. The first kappa shape index (κ1) is 16.9. The van der Waals surface area contributed by atoms with E-state index in [1.807, 2.05) is 0 Å². The topological polar surface area (TPSA) is 32.5 Å². The minimum atomic E-state index is 0.615. The zero-order chi connectivity index (χ0) is 14.1. The number of hydrogen-bond acceptors (Lipinski definition) is 3. The van der Waals surface area contributed by atoms with E-state index in [0.717, 1.165) is 12.6 Å². The molecule has 1 aliphatic heterocycles. The first-order valence-electron chi connectivity index (χ1n) is 8.37. The smallest absolute Gasteiger partial charge is 0.0219 e. The molecule has 0 saturated carbocycles. The van der Waals surface area contributed by atoms with Crippen molar-refractivity contribution in [3.8, 4) is 0 Å². The monoisotopic (exact) mass is 269 g/mol. The Morgan fingerprint density at radius 2 is 1.84 bits per heavy atom. The number of nitrogens with zero attached hydrogens (tertiary/aromatic N) is 2. The highest BCUT2D eigenvalue weighted by molar-refractivity contribution is 4.84. The standard InChI is InChI=1S/C16H35N3/c1-4-6-7-8-9-10-16(13-17)19-12-11-18(3)15(5-2)14-19/h15-16H,4-14,17H2,1-3H3. The summed E-state index contributed by atoms with van der Waals surface area (Å²) in [5.74, 6) is 0. The van der Waals surface area contributed by atoms with E-state index in [1.54, 1.807) is 0 Å². The Morgan fingerprint density at radius 1 is 1.11 bits per heavy atom. The van der Waals surface area contributed by atoms with Gasteiger partial charge in [0.1, 0.15) is 0 Å². The molecule has 1 heterocycles. The lowest BCUT2D eigenvalue weighted by Crippen LogP contribution is -2.55. The molecule has 1 rings (SSSR count). The number of piperazine rings is 1. The number of hydrogen-bond donors (Lipinski definition) is 1. The van der Waals surface area contributed by atoms with Crippen molar-refractivity contribution in [2.75, 3.05) is 33.2 Å². The Balaban J connectivity index is 2.29. The fourth-order valence-corrected chi connectivity index (χ4v) is 3.18. The highest BCUT2D eigenvalue weighted by Gasteiger charge is 2.26. The maximum Gasteiger partial charge on any atom is 0.0219 e. The second-order valence-electron chi connectivity index (χ2n) is 6.13. The molecule has 0 amide bonds. The summed E-state index contributed by atoms with van der Waals surface area (Å²) in [7, 11) is 2.26. The van der Waals surface area contributed by atoms with E-state index in [1.165, 1.54) is 64.6 Å². The SMILES string of the molecule is CCCCCCCC(CN)N1CCN(C)C(CC)C1. The molecule has 3 nitrogen and oxygen atoms in total. The van der Waals surface area contributed by atoms with Crippen molar-refractivity contribution in [2.24, 2.45) is 5.73 Å². The molecular formula is C16H35N3. The quantitative estimate of drug-likeness (QED) is 0.653. The van der Waals surface area contributed by atoms with Gasteiger partial charge in [-0.3, -0.25) is 4.90 Å². The van der Waals surface area contributed by atoms with E-state index in [9.17, 15) is 0 Å². The van der Waals surface area contributed by atoms with Gasteiger partial charge >= 0.3 is 0 Å². The van der Waals surface area contributed by atoms with Crippen LogP contribution in [0, 0.1) is 0 Å². The molecule has 1 fully saturated rings. The summed E-state index contributed by atoms with van der Waals surface area (Å²) < 4.78 is 0. The Labute approximate surface area is 120 Å². The number of rotatable bonds is 9. The van der Waals surface area contributed by atoms with Crippen molar-refractivity contribution < 1.29 is 0 Å². The summed E-state index contributed by atoms with van der Waals surface area (Å²) in [6, 6.07) is 1.34. The van der Waals surface area contributed by atoms with Crippen LogP contribution in [0.1, 0.15) is 58.8 Å². The zero-order valence-electron chi connectivity index (χ0n) is 13.4. The summed E-state index contributed by atoms with van der Waals surface area (Å²) in [5.41, 5.74) is 6.01. The third-order valence-corrected chi connectivity index (χ3v) is 4.71. The van der Waals surface area contributed by atoms with E-state index >= 15 is 0 Å². The predicted octanol–water partition coefficient (Wildman–Crippen LogP) is 2.70. The van der Waals surface area contributed by atoms with Crippen LogP contribution in [0.2, 0.25) is 0 Å². The fraction of sp³-hybridized carbons (Fsp3) is 1.00. The second-order valence-corrected chi connectivity index (χ2v) is 6.13. The Hall–Kier alpha value is -0.120. The van der Waals surface area contributed by atoms with Gasteiger partial charge < -0.3 is 10.6 Å². The number of likely N-dealkylation sites (N-methyl/N-ethyl adjacent to an activating group) is 1. The molecule has 0 radical (unpaired) electrons. The van der Waals surface area contributed by atoms with Gasteiger partial charge in [-0.15, -0.1) is 0 Å². The van der Waals surface area contributed by atoms with E-state index in [0.29, 0.717) is 6.04 Å². The first-order chi connectivity index (χ1) is 9.22. The largest absolute Gasteiger partial charge is 0.329 e. The summed E-state index contributed by atoms with van der Waals surface area (Å²) in [4.78, 5) is 5.15. The fourth-order valence-electron chi connectivity index (χ4n) is 3.18. The van der Waals surface area contributed by atoms with Gasteiger partial charge in [-0.1, -0.05) is 46.0 Å². The normalized spacial score (nSPS) is 23.7. The van der Waals surface area contributed by atoms with Crippen LogP contribution in [-0.2, 0) is 0 Å². The van der Waals surface area contributed by atoms with Crippen LogP contribution < -0.4 is 5.73 Å². The van der Waals surface area contributed by atoms with E-state index in [2.05, 4.69) is 30.7 Å². The molecule has 2 N–H and O–H groups in total. The van der Waals surface area contributed by atoms with Gasteiger partial charge in [-0.05, 0) is 19.9 Å². The predicted molar refractivity (Wildman–Crippen MR) is 84.5 cm³/mol. The molecule has 3 heteroatoms. The molecule has 1 aliphatic rings. The Morgan fingerprint density at radius 3 is 2.47 bits per heavy atom. The van der Waals surface area contributed by atoms with Gasteiger partial charge in [0.2, 0.25) is 0 Å². The third kappa shape index (κ3) is 5.80. The van der Waals surface area contributed by atoms with Crippen LogP contribution in [0.15, 0.2) is 0 Å². The summed E-state index contributed by atoms with van der Waals surface area (Å²) in [5, 5.41) is 0. The summed E-state index contributed by atoms with van der Waals surface area (Å²) in [6.45, 7) is 9.01. The molecule has 0 aromatic carbocycles. The molecule has 1 saturated heterocycles. The van der Waals surface area contributed by atoms with Crippen molar-refractivity contribution in [3.05, 3.63) is 0 Å². The second kappa shape index (κ2) is 9.73. The van der Waals surface area contributed by atoms with E-state index in [4.69, 9.17) is 5.73 Å². The van der Waals surface area contributed by atoms with E-state index in [-0.39, 0.29) is 0 Å². The highest BCUT2D eigenvalue weighted by atomic mass is 15.3. The average molecular weight is 269 g/mol. The number of nitrogens with two attached hydrogens (primary N) is 1. The molecule has 0 bridgehead atoms. The van der Waals surface area contributed by atoms with Crippen molar-refractivity contribution >= 4 is 0 Å². The lowest BCUT2D eigenvalue weighted by molar-refractivity contribution is 0.0610. The molecule has 0 spiro atoms. The molecular weight excluding hydrogens is 234 g/mol. The van der Waals surface area contributed by atoms with Crippen LogP contribution >= 0.6 is 0 Å². The van der Waals surface area contributed by atoms with Gasteiger partial charge in [0.15, 0.2) is 0 Å². The molecule has 0 aromatic rings. The van der Waals surface area contributed by atoms with Crippen LogP contribution in [0.25, 0.3) is 0 Å². The average Bonchev–Trinajstić information content (AvgIpc) is 2.44. The zero-order valence-corrected chi connectivity index (χ0v) is 13.4.